The van der Waals surface area contributed by atoms with Gasteiger partial charge in [0.1, 0.15) is 0 Å². The minimum absolute atomic E-state index is 0.0846. The predicted octanol–water partition coefficient (Wildman–Crippen LogP) is 1.85. The highest BCUT2D eigenvalue weighted by molar-refractivity contribution is 5.78. The van der Waals surface area contributed by atoms with Crippen LogP contribution in [0.1, 0.15) is 44.9 Å². The van der Waals surface area contributed by atoms with E-state index < -0.39 is 0 Å². The minimum atomic E-state index is 0.0846. The van der Waals surface area contributed by atoms with Crippen LogP contribution < -0.4 is 5.32 Å². The maximum atomic E-state index is 12.4. The zero-order valence-corrected chi connectivity index (χ0v) is 11.0. The molecule has 3 aliphatic rings. The number of nitrogens with zero attached hydrogens (tertiary/aromatic N) is 2. The molecule has 0 spiro atoms. The molecule has 4 heteroatoms. The molecule has 18 heavy (non-hydrogen) atoms. The number of hydrogen-bond donors (Lipinski definition) is 1. The quantitative estimate of drug-likeness (QED) is 0.829. The minimum Gasteiger partial charge on any atom is -0.357 e. The summed E-state index contributed by atoms with van der Waals surface area (Å²) in [6, 6.07) is 0. The van der Waals surface area contributed by atoms with Crippen molar-refractivity contribution in [1.29, 1.82) is 0 Å². The molecule has 1 unspecified atom stereocenters. The van der Waals surface area contributed by atoms with E-state index in [9.17, 15) is 4.79 Å². The summed E-state index contributed by atoms with van der Waals surface area (Å²) in [5.41, 5.74) is 0. The molecule has 1 saturated heterocycles. The Balaban J connectivity index is 1.58. The van der Waals surface area contributed by atoms with Gasteiger partial charge in [-0.3, -0.25) is 14.6 Å². The Kier molecular flexibility index (Phi) is 3.55. The van der Waals surface area contributed by atoms with Crippen LogP contribution in [0.2, 0.25) is 0 Å². The molecule has 0 radical (unpaired) electrons. The first-order valence-corrected chi connectivity index (χ1v) is 7.32. The highest BCUT2D eigenvalue weighted by Gasteiger charge is 2.32. The summed E-state index contributed by atoms with van der Waals surface area (Å²) in [4.78, 5) is 16.7. The Hall–Kier alpha value is -1.03. The van der Waals surface area contributed by atoms with Gasteiger partial charge >= 0.3 is 0 Å². The van der Waals surface area contributed by atoms with Crippen molar-refractivity contribution in [2.45, 2.75) is 51.2 Å². The van der Waals surface area contributed by atoms with Crippen LogP contribution in [0.4, 0.5) is 0 Å². The molecule has 1 saturated carbocycles. The van der Waals surface area contributed by atoms with Crippen molar-refractivity contribution in [2.24, 2.45) is 5.92 Å². The average molecular weight is 249 g/mol. The lowest BCUT2D eigenvalue weighted by Crippen LogP contribution is -2.51. The van der Waals surface area contributed by atoms with Crippen molar-refractivity contribution in [3.05, 3.63) is 12.4 Å². The van der Waals surface area contributed by atoms with Crippen LogP contribution in [0.15, 0.2) is 12.4 Å². The maximum absolute atomic E-state index is 12.4. The van der Waals surface area contributed by atoms with Gasteiger partial charge in [-0.15, -0.1) is 0 Å². The standard InChI is InChI=1S/C14H23N3O/c18-13(11-12-5-1-2-6-12)17-10-7-15-14(17)16-8-3-4-9-16/h7,10,12,14-15H,1-6,8-9,11H2. The van der Waals surface area contributed by atoms with Gasteiger partial charge in [0, 0.05) is 31.9 Å². The third-order valence-electron chi connectivity index (χ3n) is 4.46. The second kappa shape index (κ2) is 5.31. The zero-order valence-electron chi connectivity index (χ0n) is 11.0. The first-order chi connectivity index (χ1) is 8.84. The number of amides is 1. The summed E-state index contributed by atoms with van der Waals surface area (Å²) in [5.74, 6) is 0.922. The predicted molar refractivity (Wildman–Crippen MR) is 70.3 cm³/mol. The van der Waals surface area contributed by atoms with E-state index in [0.717, 1.165) is 19.5 Å². The molecule has 1 N–H and O–H groups in total. The fourth-order valence-electron chi connectivity index (χ4n) is 3.43. The van der Waals surface area contributed by atoms with Gasteiger partial charge in [-0.2, -0.15) is 0 Å². The Morgan fingerprint density at radius 2 is 1.89 bits per heavy atom. The van der Waals surface area contributed by atoms with Crippen LogP contribution >= 0.6 is 0 Å². The van der Waals surface area contributed by atoms with Gasteiger partial charge in [-0.25, -0.2) is 0 Å². The second-order valence-corrected chi connectivity index (χ2v) is 5.75. The summed E-state index contributed by atoms with van der Waals surface area (Å²) in [6.07, 6.45) is 12.2. The van der Waals surface area contributed by atoms with Crippen LogP contribution in [-0.4, -0.2) is 35.1 Å². The summed E-state index contributed by atoms with van der Waals surface area (Å²) in [6.45, 7) is 2.21. The summed E-state index contributed by atoms with van der Waals surface area (Å²) < 4.78 is 0. The Labute approximate surface area is 109 Å². The molecule has 1 amide bonds. The van der Waals surface area contributed by atoms with E-state index in [1.54, 1.807) is 0 Å². The number of nitrogens with one attached hydrogen (secondary N) is 1. The molecule has 0 aromatic rings. The van der Waals surface area contributed by atoms with Gasteiger partial charge in [-0.1, -0.05) is 12.8 Å². The molecule has 1 aliphatic carbocycles. The first-order valence-electron chi connectivity index (χ1n) is 7.32. The summed E-state index contributed by atoms with van der Waals surface area (Å²) in [5, 5.41) is 3.30. The number of hydrogen-bond acceptors (Lipinski definition) is 3. The van der Waals surface area contributed by atoms with Gasteiger partial charge in [-0.05, 0) is 31.6 Å². The molecular formula is C14H23N3O. The Bertz CT molecular complexity index is 330. The molecule has 2 fully saturated rings. The van der Waals surface area contributed by atoms with Gasteiger partial charge in [0.25, 0.3) is 0 Å². The SMILES string of the molecule is O=C(CC1CCCC1)N1C=CNC1N1CCCC1. The summed E-state index contributed by atoms with van der Waals surface area (Å²) >= 11 is 0. The van der Waals surface area contributed by atoms with Crippen LogP contribution in [0.25, 0.3) is 0 Å². The van der Waals surface area contributed by atoms with E-state index in [0.29, 0.717) is 11.8 Å². The van der Waals surface area contributed by atoms with E-state index in [2.05, 4.69) is 10.2 Å². The molecule has 2 aliphatic heterocycles. The van der Waals surface area contributed by atoms with Crippen LogP contribution in [0.5, 0.6) is 0 Å². The fraction of sp³-hybridized carbons (Fsp3) is 0.786. The first kappa shape index (κ1) is 12.0. The summed E-state index contributed by atoms with van der Waals surface area (Å²) in [7, 11) is 0. The molecule has 0 aromatic carbocycles. The normalized spacial score (nSPS) is 29.1. The Morgan fingerprint density at radius 3 is 2.61 bits per heavy atom. The van der Waals surface area contributed by atoms with E-state index in [4.69, 9.17) is 0 Å². The molecule has 2 heterocycles. The topological polar surface area (TPSA) is 35.6 Å². The molecule has 4 nitrogen and oxygen atoms in total. The van der Waals surface area contributed by atoms with Crippen LogP contribution in [0.3, 0.4) is 0 Å². The Morgan fingerprint density at radius 1 is 1.17 bits per heavy atom. The average Bonchev–Trinajstić information content (AvgIpc) is 3.11. The van der Waals surface area contributed by atoms with Crippen molar-refractivity contribution in [1.82, 2.24) is 15.1 Å². The van der Waals surface area contributed by atoms with Gasteiger partial charge in [0.2, 0.25) is 5.91 Å². The van der Waals surface area contributed by atoms with E-state index in [-0.39, 0.29) is 6.29 Å². The van der Waals surface area contributed by atoms with Gasteiger partial charge < -0.3 is 5.32 Å². The number of carbonyl (C=O) groups excluding carboxylic acids is 1. The molecule has 3 rings (SSSR count). The number of carbonyl (C=O) groups is 1. The highest BCUT2D eigenvalue weighted by Crippen LogP contribution is 2.29. The largest absolute Gasteiger partial charge is 0.357 e. The molecule has 0 bridgehead atoms. The van der Waals surface area contributed by atoms with Crippen molar-refractivity contribution in [3.8, 4) is 0 Å². The molecule has 100 valence electrons. The maximum Gasteiger partial charge on any atom is 0.229 e. The lowest BCUT2D eigenvalue weighted by Gasteiger charge is -2.32. The fourth-order valence-corrected chi connectivity index (χ4v) is 3.43. The monoisotopic (exact) mass is 249 g/mol. The number of likely N-dealkylation sites (tertiary alicyclic amines) is 1. The van der Waals surface area contributed by atoms with Gasteiger partial charge in [0.05, 0.1) is 0 Å². The van der Waals surface area contributed by atoms with E-state index >= 15 is 0 Å². The van der Waals surface area contributed by atoms with Crippen molar-refractivity contribution < 1.29 is 4.79 Å². The van der Waals surface area contributed by atoms with Gasteiger partial charge in [0.15, 0.2) is 6.29 Å². The molecular weight excluding hydrogens is 226 g/mol. The highest BCUT2D eigenvalue weighted by atomic mass is 16.2. The lowest BCUT2D eigenvalue weighted by atomic mass is 10.0. The third-order valence-corrected chi connectivity index (χ3v) is 4.46. The van der Waals surface area contributed by atoms with Crippen molar-refractivity contribution >= 4 is 5.91 Å². The van der Waals surface area contributed by atoms with E-state index in [1.165, 1.54) is 38.5 Å². The van der Waals surface area contributed by atoms with Crippen molar-refractivity contribution in [2.75, 3.05) is 13.1 Å². The lowest BCUT2D eigenvalue weighted by molar-refractivity contribution is -0.134. The zero-order chi connectivity index (χ0) is 12.4. The third kappa shape index (κ3) is 2.39. The van der Waals surface area contributed by atoms with Crippen LogP contribution in [0, 0.1) is 5.92 Å². The molecule has 0 aromatic heterocycles. The van der Waals surface area contributed by atoms with Crippen molar-refractivity contribution in [3.63, 3.8) is 0 Å². The number of rotatable bonds is 3. The van der Waals surface area contributed by atoms with E-state index in [1.807, 2.05) is 17.3 Å². The van der Waals surface area contributed by atoms with Crippen LogP contribution in [-0.2, 0) is 4.79 Å². The second-order valence-electron chi connectivity index (χ2n) is 5.75. The smallest absolute Gasteiger partial charge is 0.229 e. The molecule has 1 atom stereocenters.